The van der Waals surface area contributed by atoms with Crippen molar-refractivity contribution in [1.29, 1.82) is 0 Å². The summed E-state index contributed by atoms with van der Waals surface area (Å²) in [7, 11) is 0. The van der Waals surface area contributed by atoms with Gasteiger partial charge in [-0.05, 0) is 54.5 Å². The lowest BCUT2D eigenvalue weighted by molar-refractivity contribution is -0.137. The first-order valence-electron chi connectivity index (χ1n) is 9.56. The molecule has 0 bridgehead atoms. The van der Waals surface area contributed by atoms with E-state index in [0.29, 0.717) is 17.0 Å². The molecule has 2 aromatic carbocycles. The predicted molar refractivity (Wildman–Crippen MR) is 103 cm³/mol. The summed E-state index contributed by atoms with van der Waals surface area (Å²) in [5.74, 6) is -0.0909. The highest BCUT2D eigenvalue weighted by molar-refractivity contribution is 6.05. The molecule has 0 aliphatic heterocycles. The maximum atomic E-state index is 13.0. The van der Waals surface area contributed by atoms with Crippen LogP contribution in [0.5, 0.6) is 0 Å². The summed E-state index contributed by atoms with van der Waals surface area (Å²) >= 11 is 0. The van der Waals surface area contributed by atoms with E-state index in [1.54, 1.807) is 0 Å². The molecular weight excluding hydrogens is 379 g/mol. The Bertz CT molecular complexity index is 1080. The maximum Gasteiger partial charge on any atom is 0.416 e. The second-order valence-electron chi connectivity index (χ2n) is 7.55. The standard InChI is InChI=1S/C23H20F3NO2/c1-14-9-10-20-18(11-14)21(17-7-2-3-8-19(17)27-20)22(28)29-13-15-5-4-6-16(12-15)23(24,25)26/h2-8,12,14H,9-11,13H2,1H3. The van der Waals surface area contributed by atoms with Crippen LogP contribution in [0, 0.1) is 5.92 Å². The van der Waals surface area contributed by atoms with E-state index in [1.807, 2.05) is 24.3 Å². The van der Waals surface area contributed by atoms with Crippen LogP contribution in [0.15, 0.2) is 48.5 Å². The van der Waals surface area contributed by atoms with Crippen molar-refractivity contribution >= 4 is 16.9 Å². The fourth-order valence-electron chi connectivity index (χ4n) is 3.85. The van der Waals surface area contributed by atoms with Crippen LogP contribution in [0.4, 0.5) is 13.2 Å². The second-order valence-corrected chi connectivity index (χ2v) is 7.55. The van der Waals surface area contributed by atoms with Crippen LogP contribution in [-0.4, -0.2) is 11.0 Å². The highest BCUT2D eigenvalue weighted by Gasteiger charge is 2.30. The van der Waals surface area contributed by atoms with Gasteiger partial charge in [0.15, 0.2) is 0 Å². The topological polar surface area (TPSA) is 39.2 Å². The molecule has 0 saturated carbocycles. The lowest BCUT2D eigenvalue weighted by atomic mass is 9.84. The van der Waals surface area contributed by atoms with Gasteiger partial charge in [0.05, 0.1) is 16.6 Å². The number of pyridine rings is 1. The van der Waals surface area contributed by atoms with Crippen molar-refractivity contribution in [2.24, 2.45) is 5.92 Å². The lowest BCUT2D eigenvalue weighted by Gasteiger charge is -2.24. The molecule has 0 saturated heterocycles. The molecular formula is C23H20F3NO2. The third-order valence-electron chi connectivity index (χ3n) is 5.33. The van der Waals surface area contributed by atoms with Crippen molar-refractivity contribution in [3.8, 4) is 0 Å². The minimum absolute atomic E-state index is 0.219. The normalized spacial score (nSPS) is 16.5. The zero-order chi connectivity index (χ0) is 20.6. The molecule has 150 valence electrons. The molecule has 1 aromatic heterocycles. The van der Waals surface area contributed by atoms with Crippen molar-refractivity contribution in [1.82, 2.24) is 4.98 Å². The fraction of sp³-hybridized carbons (Fsp3) is 0.304. The summed E-state index contributed by atoms with van der Waals surface area (Å²) in [5.41, 5.74) is 2.57. The number of esters is 1. The molecule has 0 amide bonds. The Balaban J connectivity index is 1.66. The van der Waals surface area contributed by atoms with Crippen LogP contribution >= 0.6 is 0 Å². The van der Waals surface area contributed by atoms with Crippen LogP contribution in [-0.2, 0) is 30.4 Å². The van der Waals surface area contributed by atoms with E-state index in [-0.39, 0.29) is 6.61 Å². The number of ether oxygens (including phenoxy) is 1. The molecule has 1 unspecified atom stereocenters. The molecule has 3 nitrogen and oxygen atoms in total. The highest BCUT2D eigenvalue weighted by atomic mass is 19.4. The molecule has 0 spiro atoms. The van der Waals surface area contributed by atoms with Gasteiger partial charge < -0.3 is 4.74 Å². The fourth-order valence-corrected chi connectivity index (χ4v) is 3.85. The molecule has 6 heteroatoms. The van der Waals surface area contributed by atoms with E-state index in [2.05, 4.69) is 6.92 Å². The molecule has 1 atom stereocenters. The van der Waals surface area contributed by atoms with Gasteiger partial charge in [-0.25, -0.2) is 4.79 Å². The molecule has 0 radical (unpaired) electrons. The Morgan fingerprint density at radius 1 is 1.17 bits per heavy atom. The molecule has 3 aromatic rings. The van der Waals surface area contributed by atoms with E-state index in [9.17, 15) is 18.0 Å². The summed E-state index contributed by atoms with van der Waals surface area (Å²) in [6.07, 6.45) is -1.88. The van der Waals surface area contributed by atoms with E-state index < -0.39 is 17.7 Å². The number of carbonyl (C=O) groups excluding carboxylic acids is 1. The van der Waals surface area contributed by atoms with Gasteiger partial charge in [0.2, 0.25) is 0 Å². The zero-order valence-electron chi connectivity index (χ0n) is 15.9. The first-order valence-corrected chi connectivity index (χ1v) is 9.56. The van der Waals surface area contributed by atoms with Crippen molar-refractivity contribution in [2.75, 3.05) is 0 Å². The minimum atomic E-state index is -4.43. The van der Waals surface area contributed by atoms with Crippen molar-refractivity contribution in [2.45, 2.75) is 39.0 Å². The molecule has 1 heterocycles. The number of aryl methyl sites for hydroxylation is 1. The number of benzene rings is 2. The van der Waals surface area contributed by atoms with Crippen LogP contribution < -0.4 is 0 Å². The summed E-state index contributed by atoms with van der Waals surface area (Å²) in [6.45, 7) is 1.92. The maximum absolute atomic E-state index is 13.0. The van der Waals surface area contributed by atoms with E-state index in [0.717, 1.165) is 53.6 Å². The van der Waals surface area contributed by atoms with Gasteiger partial charge in [0, 0.05) is 11.1 Å². The monoisotopic (exact) mass is 399 g/mol. The van der Waals surface area contributed by atoms with Gasteiger partial charge in [0.1, 0.15) is 6.61 Å². The number of aromatic nitrogens is 1. The quantitative estimate of drug-likeness (QED) is 0.528. The average molecular weight is 399 g/mol. The number of alkyl halides is 3. The van der Waals surface area contributed by atoms with Gasteiger partial charge in [-0.2, -0.15) is 13.2 Å². The van der Waals surface area contributed by atoms with E-state index >= 15 is 0 Å². The van der Waals surface area contributed by atoms with Gasteiger partial charge in [-0.1, -0.05) is 37.3 Å². The zero-order valence-corrected chi connectivity index (χ0v) is 15.9. The number of hydrogen-bond acceptors (Lipinski definition) is 3. The Hall–Kier alpha value is -2.89. The average Bonchev–Trinajstić information content (AvgIpc) is 2.70. The summed E-state index contributed by atoms with van der Waals surface area (Å²) in [4.78, 5) is 17.7. The minimum Gasteiger partial charge on any atom is -0.457 e. The lowest BCUT2D eigenvalue weighted by Crippen LogP contribution is -2.19. The number of carbonyl (C=O) groups is 1. The Morgan fingerprint density at radius 3 is 2.76 bits per heavy atom. The highest BCUT2D eigenvalue weighted by Crippen LogP contribution is 2.33. The Kier molecular flexibility index (Phi) is 5.03. The van der Waals surface area contributed by atoms with Crippen LogP contribution in [0.1, 0.15) is 46.1 Å². The first-order chi connectivity index (χ1) is 13.8. The number of halogens is 3. The number of rotatable bonds is 3. The smallest absolute Gasteiger partial charge is 0.416 e. The van der Waals surface area contributed by atoms with Crippen molar-refractivity contribution in [3.63, 3.8) is 0 Å². The van der Waals surface area contributed by atoms with Gasteiger partial charge >= 0.3 is 12.1 Å². The third kappa shape index (κ3) is 3.97. The van der Waals surface area contributed by atoms with Crippen LogP contribution in [0.2, 0.25) is 0 Å². The predicted octanol–water partition coefficient (Wildman–Crippen LogP) is 5.74. The largest absolute Gasteiger partial charge is 0.457 e. The third-order valence-corrected chi connectivity index (χ3v) is 5.33. The Morgan fingerprint density at radius 2 is 1.97 bits per heavy atom. The van der Waals surface area contributed by atoms with Gasteiger partial charge in [-0.15, -0.1) is 0 Å². The van der Waals surface area contributed by atoms with E-state index in [4.69, 9.17) is 9.72 Å². The van der Waals surface area contributed by atoms with Gasteiger partial charge in [-0.3, -0.25) is 4.98 Å². The number of fused-ring (bicyclic) bond motifs is 2. The number of hydrogen-bond donors (Lipinski definition) is 0. The molecule has 0 fully saturated rings. The van der Waals surface area contributed by atoms with Crippen molar-refractivity contribution in [3.05, 3.63) is 76.5 Å². The number of nitrogens with zero attached hydrogens (tertiary/aromatic N) is 1. The van der Waals surface area contributed by atoms with Crippen LogP contribution in [0.3, 0.4) is 0 Å². The summed E-state index contributed by atoms with van der Waals surface area (Å²) in [5, 5.41) is 0.717. The second kappa shape index (κ2) is 7.50. The summed E-state index contributed by atoms with van der Waals surface area (Å²) < 4.78 is 44.2. The molecule has 0 N–H and O–H groups in total. The number of para-hydroxylation sites is 1. The first kappa shape index (κ1) is 19.4. The van der Waals surface area contributed by atoms with E-state index in [1.165, 1.54) is 12.1 Å². The Labute approximate surface area is 166 Å². The van der Waals surface area contributed by atoms with Gasteiger partial charge in [0.25, 0.3) is 0 Å². The molecule has 1 aliphatic carbocycles. The molecule has 29 heavy (non-hydrogen) atoms. The van der Waals surface area contributed by atoms with Crippen molar-refractivity contribution < 1.29 is 22.7 Å². The summed E-state index contributed by atoms with van der Waals surface area (Å²) in [6, 6.07) is 12.2. The SMILES string of the molecule is CC1CCc2nc3ccccc3c(C(=O)OCc3cccc(C(F)(F)F)c3)c2C1. The molecule has 4 rings (SSSR count). The van der Waals surface area contributed by atoms with Crippen LogP contribution in [0.25, 0.3) is 10.9 Å². The molecule has 1 aliphatic rings.